The fraction of sp³-hybridized carbons (Fsp3) is 0.750. The van der Waals surface area contributed by atoms with Crippen LogP contribution in [0.25, 0.3) is 0 Å². The van der Waals surface area contributed by atoms with Crippen molar-refractivity contribution in [1.29, 1.82) is 0 Å². The topological polar surface area (TPSA) is 293 Å². The minimum Gasteiger partial charge on any atom is -0.480 e. The highest BCUT2D eigenvalue weighted by Crippen LogP contribution is 2.17. The summed E-state index contributed by atoms with van der Waals surface area (Å²) >= 11 is 0. The van der Waals surface area contributed by atoms with Crippen LogP contribution in [0.3, 0.4) is 0 Å². The zero-order valence-corrected chi connectivity index (χ0v) is 20.4. The maximum atomic E-state index is 12.4. The van der Waals surface area contributed by atoms with Crippen LogP contribution in [0, 0.1) is 5.92 Å². The molecule has 0 fully saturated rings. The molecule has 0 aliphatic carbocycles. The summed E-state index contributed by atoms with van der Waals surface area (Å²) in [6.45, 7) is 4.41. The number of amides is 4. The summed E-state index contributed by atoms with van der Waals surface area (Å²) in [7, 11) is 0. The molecule has 0 spiro atoms. The van der Waals surface area contributed by atoms with E-state index in [1.807, 2.05) is 0 Å². The molecule has 0 saturated heterocycles. The standard InChI is InChI=1S/C20H38N8O8/c1-7(2)13(18(34)35)27-16(32)8(3)25-17(33)12(22)9(21)4-5-11(29)15(31)14(30)10-6-28(20(24)36)19(23)26-10/h7-15,29-31H,4-6,21-22H2,1-3H3,(H2,23,26)(H2,24,36)(H,25,33)(H,27,32)(H,34,35)/t8-,9-,10-,11+,12-,13-,14?,15+/m0/s1. The molecule has 0 aromatic carbocycles. The van der Waals surface area contributed by atoms with Gasteiger partial charge < -0.3 is 54.0 Å². The van der Waals surface area contributed by atoms with Gasteiger partial charge in [0.1, 0.15) is 30.3 Å². The third-order valence-electron chi connectivity index (χ3n) is 5.89. The molecule has 0 radical (unpaired) electrons. The SMILES string of the molecule is CC(C)[C@H](NC(=O)[C@H](C)NC(=O)[C@@H](N)[C@@H](N)CC[C@@H](O)[C@@H](O)C(O)[C@@H]1CN(C(N)=O)C(N)=N1)C(=O)O. The van der Waals surface area contributed by atoms with Gasteiger partial charge in [0.2, 0.25) is 11.8 Å². The number of carbonyl (C=O) groups excluding carboxylic acids is 3. The Morgan fingerprint density at radius 3 is 2.11 bits per heavy atom. The van der Waals surface area contributed by atoms with Crippen molar-refractivity contribution in [3.8, 4) is 0 Å². The average Bonchev–Trinajstić information content (AvgIpc) is 3.20. The molecule has 36 heavy (non-hydrogen) atoms. The van der Waals surface area contributed by atoms with Crippen molar-refractivity contribution in [2.24, 2.45) is 33.8 Å². The Morgan fingerprint density at radius 2 is 1.64 bits per heavy atom. The van der Waals surface area contributed by atoms with Gasteiger partial charge in [0.15, 0.2) is 5.96 Å². The van der Waals surface area contributed by atoms with E-state index in [0.717, 1.165) is 4.90 Å². The second-order valence-electron chi connectivity index (χ2n) is 9.12. The summed E-state index contributed by atoms with van der Waals surface area (Å²) in [5, 5.41) is 44.7. The largest absolute Gasteiger partial charge is 0.480 e. The number of aliphatic hydroxyl groups is 3. The number of guanidine groups is 1. The summed E-state index contributed by atoms with van der Waals surface area (Å²) in [6, 6.07) is -6.41. The summed E-state index contributed by atoms with van der Waals surface area (Å²) < 4.78 is 0. The third-order valence-corrected chi connectivity index (χ3v) is 5.89. The molecule has 1 unspecified atom stereocenters. The first-order chi connectivity index (χ1) is 16.6. The quantitative estimate of drug-likeness (QED) is 0.110. The number of hydrogen-bond acceptors (Lipinski definition) is 11. The summed E-state index contributed by atoms with van der Waals surface area (Å²) in [5.74, 6) is -3.32. The zero-order valence-electron chi connectivity index (χ0n) is 20.4. The average molecular weight is 519 g/mol. The van der Waals surface area contributed by atoms with E-state index in [4.69, 9.17) is 22.9 Å². The molecule has 0 bridgehead atoms. The predicted molar refractivity (Wildman–Crippen MR) is 127 cm³/mol. The molecule has 16 nitrogen and oxygen atoms in total. The second-order valence-corrected chi connectivity index (χ2v) is 9.12. The number of nitrogens with zero attached hydrogens (tertiary/aromatic N) is 2. The van der Waals surface area contributed by atoms with Crippen molar-refractivity contribution in [3.05, 3.63) is 0 Å². The van der Waals surface area contributed by atoms with Gasteiger partial charge in [-0.1, -0.05) is 13.8 Å². The van der Waals surface area contributed by atoms with Gasteiger partial charge in [0.05, 0.1) is 18.7 Å². The molecule has 4 amide bonds. The van der Waals surface area contributed by atoms with E-state index >= 15 is 0 Å². The zero-order chi connectivity index (χ0) is 27.9. The Bertz CT molecular complexity index is 841. The molecule has 206 valence electrons. The second kappa shape index (κ2) is 13.3. The fourth-order valence-electron chi connectivity index (χ4n) is 3.48. The number of carboxylic acid groups (broad SMARTS) is 1. The van der Waals surface area contributed by atoms with Crippen LogP contribution < -0.4 is 33.6 Å². The molecule has 1 aliphatic heterocycles. The van der Waals surface area contributed by atoms with Crippen LogP contribution in [0.1, 0.15) is 33.6 Å². The van der Waals surface area contributed by atoms with Gasteiger partial charge in [-0.05, 0) is 25.7 Å². The van der Waals surface area contributed by atoms with E-state index in [-0.39, 0.29) is 31.3 Å². The monoisotopic (exact) mass is 518 g/mol. The van der Waals surface area contributed by atoms with Crippen molar-refractivity contribution in [3.63, 3.8) is 0 Å². The van der Waals surface area contributed by atoms with Crippen LogP contribution in [0.4, 0.5) is 4.79 Å². The smallest absolute Gasteiger partial charge is 0.326 e. The first-order valence-electron chi connectivity index (χ1n) is 11.4. The highest BCUT2D eigenvalue weighted by molar-refractivity contribution is 5.96. The van der Waals surface area contributed by atoms with Crippen LogP contribution >= 0.6 is 0 Å². The normalized spacial score (nSPS) is 21.5. The predicted octanol–water partition coefficient (Wildman–Crippen LogP) is -4.69. The Balaban J connectivity index is 2.57. The number of primary amides is 1. The van der Waals surface area contributed by atoms with Crippen LogP contribution in [-0.2, 0) is 14.4 Å². The number of aliphatic imine (C=N–C) groups is 1. The van der Waals surface area contributed by atoms with Gasteiger partial charge >= 0.3 is 12.0 Å². The summed E-state index contributed by atoms with van der Waals surface area (Å²) in [5.41, 5.74) is 22.5. The Kier molecular flexibility index (Phi) is 11.5. The molecule has 0 aromatic heterocycles. The van der Waals surface area contributed by atoms with Gasteiger partial charge in [0, 0.05) is 6.04 Å². The molecule has 16 heteroatoms. The van der Waals surface area contributed by atoms with Crippen LogP contribution in [0.2, 0.25) is 0 Å². The molecule has 0 aromatic rings. The van der Waals surface area contributed by atoms with Crippen LogP contribution in [-0.4, -0.2) is 110 Å². The van der Waals surface area contributed by atoms with E-state index in [9.17, 15) is 39.6 Å². The Hall–Kier alpha value is -3.05. The number of rotatable bonds is 13. The summed E-state index contributed by atoms with van der Waals surface area (Å²) in [6.07, 6.45) is -4.93. The lowest BCUT2D eigenvalue weighted by molar-refractivity contribution is -0.143. The van der Waals surface area contributed by atoms with Crippen molar-refractivity contribution < 1.29 is 39.6 Å². The number of carboxylic acids is 1. The maximum Gasteiger partial charge on any atom is 0.326 e. The Morgan fingerprint density at radius 1 is 1.06 bits per heavy atom. The van der Waals surface area contributed by atoms with E-state index in [0.29, 0.717) is 0 Å². The number of nitrogens with one attached hydrogen (secondary N) is 2. The number of nitrogens with two attached hydrogens (primary N) is 4. The number of urea groups is 1. The molecule has 14 N–H and O–H groups in total. The minimum atomic E-state index is -1.68. The lowest BCUT2D eigenvalue weighted by Crippen LogP contribution is -2.57. The molecular formula is C20H38N8O8. The molecular weight excluding hydrogens is 480 g/mol. The van der Waals surface area contributed by atoms with Gasteiger partial charge in [-0.2, -0.15) is 0 Å². The van der Waals surface area contributed by atoms with E-state index < -0.39 is 72.3 Å². The number of aliphatic hydroxyl groups excluding tert-OH is 3. The molecule has 0 saturated carbocycles. The third kappa shape index (κ3) is 8.27. The van der Waals surface area contributed by atoms with Crippen molar-refractivity contribution >= 4 is 29.8 Å². The lowest BCUT2D eigenvalue weighted by atomic mass is 9.95. The van der Waals surface area contributed by atoms with Crippen LogP contribution in [0.5, 0.6) is 0 Å². The molecule has 8 atom stereocenters. The number of hydrogen-bond donors (Lipinski definition) is 10. The van der Waals surface area contributed by atoms with Crippen molar-refractivity contribution in [2.45, 2.75) is 82.1 Å². The van der Waals surface area contributed by atoms with E-state index in [1.54, 1.807) is 13.8 Å². The number of carbonyl (C=O) groups is 4. The highest BCUT2D eigenvalue weighted by Gasteiger charge is 2.38. The van der Waals surface area contributed by atoms with Gasteiger partial charge in [-0.25, -0.2) is 14.6 Å². The molecule has 1 rings (SSSR count). The maximum absolute atomic E-state index is 12.4. The van der Waals surface area contributed by atoms with Gasteiger partial charge in [0.25, 0.3) is 0 Å². The van der Waals surface area contributed by atoms with Crippen LogP contribution in [0.15, 0.2) is 4.99 Å². The van der Waals surface area contributed by atoms with Crippen molar-refractivity contribution in [2.75, 3.05) is 6.54 Å². The van der Waals surface area contributed by atoms with Gasteiger partial charge in [-0.3, -0.25) is 14.5 Å². The Labute approximate surface area is 208 Å². The fourth-order valence-corrected chi connectivity index (χ4v) is 3.48. The minimum absolute atomic E-state index is 0.0436. The van der Waals surface area contributed by atoms with Gasteiger partial charge in [-0.15, -0.1) is 0 Å². The van der Waals surface area contributed by atoms with Crippen molar-refractivity contribution in [1.82, 2.24) is 15.5 Å². The lowest BCUT2D eigenvalue weighted by Gasteiger charge is -2.27. The van der Waals surface area contributed by atoms with E-state index in [2.05, 4.69) is 15.6 Å². The number of aliphatic carboxylic acids is 1. The summed E-state index contributed by atoms with van der Waals surface area (Å²) in [4.78, 5) is 51.9. The first-order valence-corrected chi connectivity index (χ1v) is 11.4. The first kappa shape index (κ1) is 31.0. The molecule has 1 aliphatic rings. The highest BCUT2D eigenvalue weighted by atomic mass is 16.4. The van der Waals surface area contributed by atoms with E-state index in [1.165, 1.54) is 6.92 Å². The molecule has 1 heterocycles.